The fourth-order valence-corrected chi connectivity index (χ4v) is 3.47. The van der Waals surface area contributed by atoms with E-state index in [1.54, 1.807) is 11.3 Å². The first-order chi connectivity index (χ1) is 9.04. The Hall–Kier alpha value is -1.05. The normalized spacial score (nSPS) is 11.6. The fourth-order valence-electron chi connectivity index (χ4n) is 1.37. The number of hydrazone groups is 1. The third kappa shape index (κ3) is 4.22. The van der Waals surface area contributed by atoms with Gasteiger partial charge in [-0.3, -0.25) is 4.79 Å². The molecule has 0 bridgehead atoms. The lowest BCUT2D eigenvalue weighted by Crippen LogP contribution is -2.21. The Morgan fingerprint density at radius 2 is 2.32 bits per heavy atom. The van der Waals surface area contributed by atoms with Gasteiger partial charge in [0.2, 0.25) is 5.91 Å². The van der Waals surface area contributed by atoms with E-state index < -0.39 is 0 Å². The number of aromatic nitrogens is 1. The number of hydrogen-bond donors (Lipinski definition) is 1. The highest BCUT2D eigenvalue weighted by atomic mass is 79.9. The summed E-state index contributed by atoms with van der Waals surface area (Å²) in [7, 11) is 0. The molecule has 2 rings (SSSR count). The zero-order valence-corrected chi connectivity index (χ0v) is 13.7. The SMILES string of the molecule is CC(=NNC(=O)Cc1nc(C)cs1)c1ccc(Br)s1. The summed E-state index contributed by atoms with van der Waals surface area (Å²) in [4.78, 5) is 17.0. The maximum atomic E-state index is 11.7. The summed E-state index contributed by atoms with van der Waals surface area (Å²) in [5.74, 6) is -0.149. The molecule has 0 aliphatic carbocycles. The molecular weight excluding hydrogens is 346 g/mol. The summed E-state index contributed by atoms with van der Waals surface area (Å²) >= 11 is 6.46. The maximum absolute atomic E-state index is 11.7. The summed E-state index contributed by atoms with van der Waals surface area (Å²) in [6.45, 7) is 3.78. The van der Waals surface area contributed by atoms with Gasteiger partial charge < -0.3 is 0 Å². The summed E-state index contributed by atoms with van der Waals surface area (Å²) < 4.78 is 1.04. The van der Waals surface area contributed by atoms with Gasteiger partial charge in [-0.25, -0.2) is 10.4 Å². The van der Waals surface area contributed by atoms with Crippen LogP contribution in [0.4, 0.5) is 0 Å². The number of thiophene rings is 1. The Bertz CT molecular complexity index is 618. The highest BCUT2D eigenvalue weighted by Crippen LogP contribution is 2.22. The molecule has 0 aliphatic heterocycles. The first-order valence-corrected chi connectivity index (χ1v) is 8.03. The van der Waals surface area contributed by atoms with Crippen LogP contribution in [-0.2, 0) is 11.2 Å². The molecule has 1 N–H and O–H groups in total. The van der Waals surface area contributed by atoms with Crippen molar-refractivity contribution in [3.63, 3.8) is 0 Å². The van der Waals surface area contributed by atoms with Crippen molar-refractivity contribution >= 4 is 50.2 Å². The van der Waals surface area contributed by atoms with Gasteiger partial charge >= 0.3 is 0 Å². The van der Waals surface area contributed by atoms with Crippen LogP contribution in [0, 0.1) is 6.92 Å². The molecule has 2 aromatic heterocycles. The molecular formula is C12H12BrN3OS2. The van der Waals surface area contributed by atoms with Gasteiger partial charge in [0.05, 0.1) is 20.8 Å². The van der Waals surface area contributed by atoms with Gasteiger partial charge in [0.25, 0.3) is 0 Å². The molecule has 0 fully saturated rings. The topological polar surface area (TPSA) is 54.4 Å². The number of carbonyl (C=O) groups is 1. The molecule has 100 valence electrons. The van der Waals surface area contributed by atoms with Gasteiger partial charge in [-0.05, 0) is 41.9 Å². The largest absolute Gasteiger partial charge is 0.273 e. The van der Waals surface area contributed by atoms with Crippen LogP contribution in [0.5, 0.6) is 0 Å². The molecule has 1 amide bonds. The molecule has 0 spiro atoms. The minimum Gasteiger partial charge on any atom is -0.273 e. The van der Waals surface area contributed by atoms with Crippen LogP contribution < -0.4 is 5.43 Å². The Kier molecular flexibility index (Phi) is 4.84. The summed E-state index contributed by atoms with van der Waals surface area (Å²) in [6, 6.07) is 3.92. The Balaban J connectivity index is 1.92. The summed E-state index contributed by atoms with van der Waals surface area (Å²) in [5.41, 5.74) is 4.29. The second kappa shape index (κ2) is 6.40. The van der Waals surface area contributed by atoms with Crippen molar-refractivity contribution in [1.82, 2.24) is 10.4 Å². The highest BCUT2D eigenvalue weighted by Gasteiger charge is 2.07. The third-order valence-corrected chi connectivity index (χ3v) is 4.96. The second-order valence-corrected chi connectivity index (χ2v) is 7.30. The zero-order valence-electron chi connectivity index (χ0n) is 10.4. The lowest BCUT2D eigenvalue weighted by Gasteiger charge is -1.99. The van der Waals surface area contributed by atoms with E-state index in [2.05, 4.69) is 31.4 Å². The number of halogens is 1. The van der Waals surface area contributed by atoms with E-state index in [9.17, 15) is 4.79 Å². The van der Waals surface area contributed by atoms with Gasteiger partial charge in [-0.1, -0.05) is 0 Å². The molecule has 7 heteroatoms. The minimum atomic E-state index is -0.149. The van der Waals surface area contributed by atoms with E-state index in [4.69, 9.17) is 0 Å². The quantitative estimate of drug-likeness (QED) is 0.673. The Morgan fingerprint density at radius 1 is 1.53 bits per heavy atom. The monoisotopic (exact) mass is 357 g/mol. The maximum Gasteiger partial charge on any atom is 0.246 e. The molecule has 0 atom stereocenters. The molecule has 0 unspecified atom stereocenters. The standard InChI is InChI=1S/C12H12BrN3OS2/c1-7-6-18-12(14-7)5-11(17)16-15-8(2)9-3-4-10(13)19-9/h3-4,6H,5H2,1-2H3,(H,16,17). The number of amides is 1. The molecule has 4 nitrogen and oxygen atoms in total. The first-order valence-electron chi connectivity index (χ1n) is 5.54. The van der Waals surface area contributed by atoms with Crippen molar-refractivity contribution in [2.24, 2.45) is 5.10 Å². The molecule has 2 aromatic rings. The first kappa shape index (κ1) is 14.4. The van der Waals surface area contributed by atoms with Crippen LogP contribution in [0.3, 0.4) is 0 Å². The van der Waals surface area contributed by atoms with Gasteiger partial charge in [0.15, 0.2) is 0 Å². The smallest absolute Gasteiger partial charge is 0.246 e. The predicted octanol–water partition coefficient (Wildman–Crippen LogP) is 3.36. The number of thiazole rings is 1. The number of aryl methyl sites for hydroxylation is 1. The van der Waals surface area contributed by atoms with E-state index in [1.807, 2.05) is 31.4 Å². The highest BCUT2D eigenvalue weighted by molar-refractivity contribution is 9.11. The lowest BCUT2D eigenvalue weighted by molar-refractivity contribution is -0.120. The number of nitrogens with zero attached hydrogens (tertiary/aromatic N) is 2. The average Bonchev–Trinajstić information content (AvgIpc) is 2.95. The molecule has 19 heavy (non-hydrogen) atoms. The molecule has 0 aliphatic rings. The fraction of sp³-hybridized carbons (Fsp3) is 0.250. The van der Waals surface area contributed by atoms with E-state index in [1.165, 1.54) is 11.3 Å². The molecule has 2 heterocycles. The van der Waals surface area contributed by atoms with Crippen molar-refractivity contribution in [2.45, 2.75) is 20.3 Å². The van der Waals surface area contributed by atoms with Crippen molar-refractivity contribution in [2.75, 3.05) is 0 Å². The molecule has 0 radical (unpaired) electrons. The van der Waals surface area contributed by atoms with E-state index >= 15 is 0 Å². The van der Waals surface area contributed by atoms with Gasteiger partial charge in [0.1, 0.15) is 5.01 Å². The lowest BCUT2D eigenvalue weighted by atomic mass is 10.3. The van der Waals surface area contributed by atoms with E-state index in [0.29, 0.717) is 0 Å². The second-order valence-electron chi connectivity index (χ2n) is 3.90. The number of carbonyl (C=O) groups excluding carboxylic acids is 1. The van der Waals surface area contributed by atoms with Crippen molar-refractivity contribution in [1.29, 1.82) is 0 Å². The summed E-state index contributed by atoms with van der Waals surface area (Å²) in [5, 5.41) is 6.83. The zero-order chi connectivity index (χ0) is 13.8. The van der Waals surface area contributed by atoms with Crippen LogP contribution in [0.25, 0.3) is 0 Å². The third-order valence-electron chi connectivity index (χ3n) is 2.26. The number of hydrogen-bond acceptors (Lipinski definition) is 5. The van der Waals surface area contributed by atoms with Crippen molar-refractivity contribution in [3.05, 3.63) is 36.9 Å². The molecule has 0 aromatic carbocycles. The Morgan fingerprint density at radius 3 is 2.89 bits per heavy atom. The van der Waals surface area contributed by atoms with Gasteiger partial charge in [-0.15, -0.1) is 22.7 Å². The summed E-state index contributed by atoms with van der Waals surface area (Å²) in [6.07, 6.45) is 0.267. The number of nitrogens with one attached hydrogen (secondary N) is 1. The van der Waals surface area contributed by atoms with E-state index in [-0.39, 0.29) is 12.3 Å². The van der Waals surface area contributed by atoms with Crippen LogP contribution in [0.1, 0.15) is 22.5 Å². The number of rotatable bonds is 4. The Labute approximate surface area is 127 Å². The molecule has 0 saturated heterocycles. The van der Waals surface area contributed by atoms with Crippen LogP contribution >= 0.6 is 38.6 Å². The van der Waals surface area contributed by atoms with E-state index in [0.717, 1.165) is 25.1 Å². The van der Waals surface area contributed by atoms with Crippen molar-refractivity contribution < 1.29 is 4.79 Å². The van der Waals surface area contributed by atoms with Crippen LogP contribution in [0.15, 0.2) is 26.4 Å². The average molecular weight is 358 g/mol. The van der Waals surface area contributed by atoms with Gasteiger partial charge in [0, 0.05) is 11.1 Å². The molecule has 0 saturated carbocycles. The van der Waals surface area contributed by atoms with Crippen LogP contribution in [-0.4, -0.2) is 16.6 Å². The predicted molar refractivity (Wildman–Crippen MR) is 82.9 cm³/mol. The van der Waals surface area contributed by atoms with Crippen molar-refractivity contribution in [3.8, 4) is 0 Å². The minimum absolute atomic E-state index is 0.149. The van der Waals surface area contributed by atoms with Crippen LogP contribution in [0.2, 0.25) is 0 Å². The van der Waals surface area contributed by atoms with Gasteiger partial charge in [-0.2, -0.15) is 5.10 Å².